The maximum absolute atomic E-state index is 11.2. The SMILES string of the molecule is O=C(O)[C@@H]1[C@@H]2CCc3c(-c4ccc(Cl)cc4)noc3[C@@H]21. The largest absolute Gasteiger partial charge is 0.481 e. The van der Waals surface area contributed by atoms with E-state index in [1.54, 1.807) is 0 Å². The van der Waals surface area contributed by atoms with Crippen molar-refractivity contribution in [2.24, 2.45) is 11.8 Å². The van der Waals surface area contributed by atoms with Gasteiger partial charge in [-0.25, -0.2) is 0 Å². The summed E-state index contributed by atoms with van der Waals surface area (Å²) in [4.78, 5) is 11.2. The van der Waals surface area contributed by atoms with Crippen LogP contribution in [-0.2, 0) is 11.2 Å². The summed E-state index contributed by atoms with van der Waals surface area (Å²) in [5.74, 6) is 0.00831. The maximum atomic E-state index is 11.2. The molecule has 1 aromatic heterocycles. The molecule has 102 valence electrons. The Morgan fingerprint density at radius 3 is 2.80 bits per heavy atom. The van der Waals surface area contributed by atoms with Gasteiger partial charge in [0.1, 0.15) is 11.5 Å². The number of fused-ring (bicyclic) bond motifs is 3. The van der Waals surface area contributed by atoms with Gasteiger partial charge in [-0.2, -0.15) is 0 Å². The normalized spacial score (nSPS) is 26.8. The van der Waals surface area contributed by atoms with E-state index in [2.05, 4.69) is 5.16 Å². The molecule has 0 unspecified atom stereocenters. The van der Waals surface area contributed by atoms with Gasteiger partial charge in [0.05, 0.1) is 5.92 Å². The monoisotopic (exact) mass is 289 g/mol. The molecule has 1 saturated carbocycles. The molecular weight excluding hydrogens is 278 g/mol. The zero-order valence-corrected chi connectivity index (χ0v) is 11.3. The smallest absolute Gasteiger partial charge is 0.307 e. The van der Waals surface area contributed by atoms with Crippen LogP contribution >= 0.6 is 11.6 Å². The van der Waals surface area contributed by atoms with E-state index in [-0.39, 0.29) is 17.8 Å². The second-order valence-electron chi connectivity index (χ2n) is 5.47. The minimum atomic E-state index is -0.725. The quantitative estimate of drug-likeness (QED) is 0.921. The van der Waals surface area contributed by atoms with Crippen molar-refractivity contribution < 1.29 is 14.4 Å². The second-order valence-corrected chi connectivity index (χ2v) is 5.91. The molecule has 2 aromatic rings. The molecular formula is C15H12ClNO3. The van der Waals surface area contributed by atoms with Crippen LogP contribution in [0.5, 0.6) is 0 Å². The fourth-order valence-electron chi connectivity index (χ4n) is 3.40. The Kier molecular flexibility index (Phi) is 2.45. The zero-order chi connectivity index (χ0) is 13.9. The van der Waals surface area contributed by atoms with E-state index >= 15 is 0 Å². The molecule has 3 atom stereocenters. The number of halogens is 1. The van der Waals surface area contributed by atoms with Gasteiger partial charge in [-0.05, 0) is 30.9 Å². The molecule has 1 N–H and O–H groups in total. The first-order chi connectivity index (χ1) is 9.66. The van der Waals surface area contributed by atoms with Gasteiger partial charge in [-0.3, -0.25) is 4.79 Å². The van der Waals surface area contributed by atoms with Crippen LogP contribution in [0.25, 0.3) is 11.3 Å². The summed E-state index contributed by atoms with van der Waals surface area (Å²) < 4.78 is 5.46. The molecule has 0 amide bonds. The number of benzene rings is 1. The summed E-state index contributed by atoms with van der Waals surface area (Å²) in [6, 6.07) is 7.46. The molecule has 1 heterocycles. The third-order valence-corrected chi connectivity index (χ3v) is 4.67. The Labute approximate surface area is 120 Å². The first-order valence-corrected chi connectivity index (χ1v) is 7.02. The molecule has 4 nitrogen and oxygen atoms in total. The minimum absolute atomic E-state index is 0.0183. The van der Waals surface area contributed by atoms with Gasteiger partial charge in [-0.1, -0.05) is 28.9 Å². The highest BCUT2D eigenvalue weighted by atomic mass is 35.5. The van der Waals surface area contributed by atoms with Crippen LogP contribution in [0.1, 0.15) is 23.7 Å². The Morgan fingerprint density at radius 2 is 2.10 bits per heavy atom. The van der Waals surface area contributed by atoms with Gasteiger partial charge in [0.2, 0.25) is 0 Å². The van der Waals surface area contributed by atoms with Gasteiger partial charge >= 0.3 is 5.97 Å². The Bertz CT molecular complexity index is 692. The summed E-state index contributed by atoms with van der Waals surface area (Å²) in [5.41, 5.74) is 2.86. The van der Waals surface area contributed by atoms with Crippen LogP contribution in [0, 0.1) is 11.8 Å². The summed E-state index contributed by atoms with van der Waals surface area (Å²) in [6.45, 7) is 0. The van der Waals surface area contributed by atoms with Gasteiger partial charge < -0.3 is 9.63 Å². The van der Waals surface area contributed by atoms with Gasteiger partial charge in [0.25, 0.3) is 0 Å². The summed E-state index contributed by atoms with van der Waals surface area (Å²) in [6.07, 6.45) is 1.73. The van der Waals surface area contributed by atoms with E-state index in [9.17, 15) is 9.90 Å². The topological polar surface area (TPSA) is 63.3 Å². The maximum Gasteiger partial charge on any atom is 0.307 e. The lowest BCUT2D eigenvalue weighted by Gasteiger charge is -2.08. The van der Waals surface area contributed by atoms with Crippen LogP contribution in [0.15, 0.2) is 28.8 Å². The number of carbonyl (C=O) groups is 1. The number of aliphatic carboxylic acids is 1. The second kappa shape index (κ2) is 4.09. The fraction of sp³-hybridized carbons (Fsp3) is 0.333. The van der Waals surface area contributed by atoms with Crippen LogP contribution in [0.3, 0.4) is 0 Å². The highest BCUT2D eigenvalue weighted by Crippen LogP contribution is 2.60. The predicted molar refractivity (Wildman–Crippen MR) is 72.6 cm³/mol. The van der Waals surface area contributed by atoms with Gasteiger partial charge in [0, 0.05) is 22.1 Å². The number of carboxylic acids is 1. The minimum Gasteiger partial charge on any atom is -0.481 e. The van der Waals surface area contributed by atoms with Crippen molar-refractivity contribution in [2.45, 2.75) is 18.8 Å². The molecule has 4 rings (SSSR count). The van der Waals surface area contributed by atoms with E-state index in [1.165, 1.54) is 0 Å². The van der Waals surface area contributed by atoms with Crippen molar-refractivity contribution in [3.63, 3.8) is 0 Å². The number of rotatable bonds is 2. The fourth-order valence-corrected chi connectivity index (χ4v) is 3.52. The van der Waals surface area contributed by atoms with Crippen molar-refractivity contribution in [3.8, 4) is 11.3 Å². The van der Waals surface area contributed by atoms with Crippen molar-refractivity contribution in [1.29, 1.82) is 0 Å². The number of carboxylic acid groups (broad SMARTS) is 1. The molecule has 2 aliphatic rings. The third kappa shape index (κ3) is 1.61. The number of hydrogen-bond donors (Lipinski definition) is 1. The van der Waals surface area contributed by atoms with E-state index < -0.39 is 5.97 Å². The van der Waals surface area contributed by atoms with Crippen LogP contribution in [-0.4, -0.2) is 16.2 Å². The molecule has 1 fully saturated rings. The molecule has 0 saturated heterocycles. The highest BCUT2D eigenvalue weighted by molar-refractivity contribution is 6.30. The molecule has 0 radical (unpaired) electrons. The standard InChI is InChI=1S/C15H12ClNO3/c16-8-3-1-7(2-4-8)13-10-6-5-9-11(12(9)15(18)19)14(10)20-17-13/h1-4,9,11-12H,5-6H2,(H,18,19)/t9-,11+,12-/m1/s1. The highest BCUT2D eigenvalue weighted by Gasteiger charge is 2.60. The molecule has 0 spiro atoms. The Balaban J connectivity index is 1.74. The molecule has 2 aliphatic carbocycles. The summed E-state index contributed by atoms with van der Waals surface area (Å²) >= 11 is 5.89. The zero-order valence-electron chi connectivity index (χ0n) is 10.5. The van der Waals surface area contributed by atoms with E-state index in [0.29, 0.717) is 5.02 Å². The third-order valence-electron chi connectivity index (χ3n) is 4.42. The van der Waals surface area contributed by atoms with Crippen LogP contribution < -0.4 is 0 Å². The van der Waals surface area contributed by atoms with Crippen LogP contribution in [0.4, 0.5) is 0 Å². The van der Waals surface area contributed by atoms with E-state index in [0.717, 1.165) is 35.4 Å². The Morgan fingerprint density at radius 1 is 1.35 bits per heavy atom. The van der Waals surface area contributed by atoms with Gasteiger partial charge in [-0.15, -0.1) is 0 Å². The lowest BCUT2D eigenvalue weighted by atomic mass is 9.94. The summed E-state index contributed by atoms with van der Waals surface area (Å²) in [7, 11) is 0. The van der Waals surface area contributed by atoms with Crippen molar-refractivity contribution in [1.82, 2.24) is 5.16 Å². The van der Waals surface area contributed by atoms with Crippen LogP contribution in [0.2, 0.25) is 5.02 Å². The van der Waals surface area contributed by atoms with Crippen molar-refractivity contribution >= 4 is 17.6 Å². The van der Waals surface area contributed by atoms with Crippen molar-refractivity contribution in [3.05, 3.63) is 40.6 Å². The first-order valence-electron chi connectivity index (χ1n) is 6.64. The average molecular weight is 290 g/mol. The lowest BCUT2D eigenvalue weighted by Crippen LogP contribution is -1.99. The summed E-state index contributed by atoms with van der Waals surface area (Å²) in [5, 5.41) is 14.0. The van der Waals surface area contributed by atoms with E-state index in [4.69, 9.17) is 16.1 Å². The Hall–Kier alpha value is -1.81. The van der Waals surface area contributed by atoms with Crippen molar-refractivity contribution in [2.75, 3.05) is 0 Å². The average Bonchev–Trinajstić information content (AvgIpc) is 3.03. The number of nitrogens with zero attached hydrogens (tertiary/aromatic N) is 1. The molecule has 0 bridgehead atoms. The van der Waals surface area contributed by atoms with Gasteiger partial charge in [0.15, 0.2) is 0 Å². The molecule has 5 heteroatoms. The number of aromatic nitrogens is 1. The molecule has 1 aromatic carbocycles. The predicted octanol–water partition coefficient (Wildman–Crippen LogP) is 3.36. The van der Waals surface area contributed by atoms with E-state index in [1.807, 2.05) is 24.3 Å². The lowest BCUT2D eigenvalue weighted by molar-refractivity contribution is -0.139. The first kappa shape index (κ1) is 12.0. The number of hydrogen-bond acceptors (Lipinski definition) is 3. The molecule has 0 aliphatic heterocycles. The molecule has 20 heavy (non-hydrogen) atoms.